The van der Waals surface area contributed by atoms with Gasteiger partial charge in [-0.15, -0.1) is 0 Å². The molecule has 5 heteroatoms. The van der Waals surface area contributed by atoms with Gasteiger partial charge >= 0.3 is 6.09 Å². The third kappa shape index (κ3) is 2.05. The molecule has 2 rings (SSSR count). The number of benzene rings is 2. The van der Waals surface area contributed by atoms with Gasteiger partial charge in [-0.25, -0.2) is 4.79 Å². The lowest BCUT2D eigenvalue weighted by atomic mass is 10.1. The predicted molar refractivity (Wildman–Crippen MR) is 65.6 cm³/mol. The highest BCUT2D eigenvalue weighted by atomic mass is 35.5. The van der Waals surface area contributed by atoms with Crippen molar-refractivity contribution < 1.29 is 9.90 Å². The van der Waals surface area contributed by atoms with E-state index in [2.05, 4.69) is 5.32 Å². The molecular formula is C11H7Cl2NO2. The average molecular weight is 256 g/mol. The Bertz CT molecular complexity index is 569. The zero-order valence-corrected chi connectivity index (χ0v) is 9.51. The Hall–Kier alpha value is -1.45. The summed E-state index contributed by atoms with van der Waals surface area (Å²) in [7, 11) is 0. The van der Waals surface area contributed by atoms with Gasteiger partial charge in [0.25, 0.3) is 0 Å². The van der Waals surface area contributed by atoms with Crippen LogP contribution in [0.15, 0.2) is 30.3 Å². The van der Waals surface area contributed by atoms with Crippen LogP contribution in [0.3, 0.4) is 0 Å². The van der Waals surface area contributed by atoms with Crippen LogP contribution in [0.25, 0.3) is 10.8 Å². The highest BCUT2D eigenvalue weighted by molar-refractivity contribution is 6.39. The molecule has 0 aliphatic heterocycles. The number of hydrogen-bond donors (Lipinski definition) is 2. The topological polar surface area (TPSA) is 49.3 Å². The van der Waals surface area contributed by atoms with Gasteiger partial charge < -0.3 is 5.11 Å². The summed E-state index contributed by atoms with van der Waals surface area (Å²) in [5.41, 5.74) is 0.365. The summed E-state index contributed by atoms with van der Waals surface area (Å²) >= 11 is 11.9. The molecule has 3 nitrogen and oxygen atoms in total. The highest BCUT2D eigenvalue weighted by Gasteiger charge is 2.07. The quantitative estimate of drug-likeness (QED) is 0.801. The Labute approximate surface area is 102 Å². The van der Waals surface area contributed by atoms with E-state index in [0.29, 0.717) is 15.7 Å². The molecule has 0 heterocycles. The summed E-state index contributed by atoms with van der Waals surface area (Å²) < 4.78 is 0. The summed E-state index contributed by atoms with van der Waals surface area (Å²) in [5.74, 6) is 0. The Morgan fingerprint density at radius 3 is 2.62 bits per heavy atom. The summed E-state index contributed by atoms with van der Waals surface area (Å²) in [6.45, 7) is 0. The number of carbonyl (C=O) groups is 1. The van der Waals surface area contributed by atoms with Gasteiger partial charge in [0, 0.05) is 10.4 Å². The van der Waals surface area contributed by atoms with Crippen molar-refractivity contribution in [3.8, 4) is 0 Å². The van der Waals surface area contributed by atoms with Crippen molar-refractivity contribution in [2.24, 2.45) is 0 Å². The summed E-state index contributed by atoms with van der Waals surface area (Å²) in [4.78, 5) is 10.5. The lowest BCUT2D eigenvalue weighted by Gasteiger charge is -2.07. The smallest absolute Gasteiger partial charge is 0.409 e. The largest absolute Gasteiger partial charge is 0.465 e. The first-order valence-corrected chi connectivity index (χ1v) is 5.21. The maximum atomic E-state index is 10.5. The van der Waals surface area contributed by atoms with Crippen molar-refractivity contribution in [1.29, 1.82) is 0 Å². The van der Waals surface area contributed by atoms with Gasteiger partial charge in [-0.3, -0.25) is 5.32 Å². The molecule has 0 saturated heterocycles. The minimum Gasteiger partial charge on any atom is -0.465 e. The van der Waals surface area contributed by atoms with E-state index >= 15 is 0 Å². The fourth-order valence-corrected chi connectivity index (χ4v) is 1.94. The first kappa shape index (κ1) is 11.0. The average Bonchev–Trinajstić information content (AvgIpc) is 2.22. The monoisotopic (exact) mass is 255 g/mol. The minimum atomic E-state index is -1.14. The summed E-state index contributed by atoms with van der Waals surface area (Å²) in [6, 6.07) is 8.61. The van der Waals surface area contributed by atoms with Crippen molar-refractivity contribution in [2.45, 2.75) is 0 Å². The molecule has 82 valence electrons. The predicted octanol–water partition coefficient (Wildman–Crippen LogP) is 4.24. The molecule has 0 unspecified atom stereocenters. The molecule has 0 radical (unpaired) electrons. The second kappa shape index (κ2) is 4.20. The molecule has 0 bridgehead atoms. The molecule has 2 aromatic carbocycles. The molecule has 0 fully saturated rings. The van der Waals surface area contributed by atoms with Crippen LogP contribution >= 0.6 is 23.2 Å². The van der Waals surface area contributed by atoms with Crippen LogP contribution in [0, 0.1) is 0 Å². The fourth-order valence-electron chi connectivity index (χ4n) is 1.47. The zero-order valence-electron chi connectivity index (χ0n) is 8.00. The van der Waals surface area contributed by atoms with Crippen LogP contribution in [0.4, 0.5) is 10.5 Å². The fraction of sp³-hybridized carbons (Fsp3) is 0. The van der Waals surface area contributed by atoms with Gasteiger partial charge in [-0.2, -0.15) is 0 Å². The van der Waals surface area contributed by atoms with Gasteiger partial charge in [0.1, 0.15) is 0 Å². The Kier molecular flexibility index (Phi) is 2.90. The number of amides is 1. The van der Waals surface area contributed by atoms with Gasteiger partial charge in [0.15, 0.2) is 0 Å². The van der Waals surface area contributed by atoms with Crippen LogP contribution in [0.1, 0.15) is 0 Å². The highest BCUT2D eigenvalue weighted by Crippen LogP contribution is 2.32. The molecular weight excluding hydrogens is 249 g/mol. The normalized spacial score (nSPS) is 10.4. The SMILES string of the molecule is O=C(O)Nc1ccc2cc(Cl)ccc2c1Cl. The van der Waals surface area contributed by atoms with Gasteiger partial charge in [0.2, 0.25) is 0 Å². The Morgan fingerprint density at radius 2 is 1.94 bits per heavy atom. The van der Waals surface area contributed by atoms with E-state index in [1.807, 2.05) is 0 Å². The number of rotatable bonds is 1. The second-order valence-corrected chi connectivity index (χ2v) is 4.04. The van der Waals surface area contributed by atoms with Crippen LogP contribution in [0.5, 0.6) is 0 Å². The number of nitrogens with one attached hydrogen (secondary N) is 1. The molecule has 0 spiro atoms. The third-order valence-electron chi connectivity index (χ3n) is 2.16. The number of fused-ring (bicyclic) bond motifs is 1. The Morgan fingerprint density at radius 1 is 1.19 bits per heavy atom. The van der Waals surface area contributed by atoms with Crippen molar-refractivity contribution in [3.63, 3.8) is 0 Å². The van der Waals surface area contributed by atoms with E-state index in [1.165, 1.54) is 0 Å². The maximum Gasteiger partial charge on any atom is 0.409 e. The van der Waals surface area contributed by atoms with Gasteiger partial charge in [0.05, 0.1) is 10.7 Å². The molecule has 1 amide bonds. The van der Waals surface area contributed by atoms with E-state index in [9.17, 15) is 4.79 Å². The van der Waals surface area contributed by atoms with Gasteiger partial charge in [-0.1, -0.05) is 35.3 Å². The number of halogens is 2. The zero-order chi connectivity index (χ0) is 11.7. The summed E-state index contributed by atoms with van der Waals surface area (Å²) in [5, 5.41) is 13.5. The molecule has 2 N–H and O–H groups in total. The van der Waals surface area contributed by atoms with Crippen molar-refractivity contribution in [3.05, 3.63) is 40.4 Å². The molecule has 0 aromatic heterocycles. The first-order chi connectivity index (χ1) is 7.58. The number of anilines is 1. The van der Waals surface area contributed by atoms with Crippen LogP contribution < -0.4 is 5.32 Å². The second-order valence-electron chi connectivity index (χ2n) is 3.22. The van der Waals surface area contributed by atoms with E-state index in [0.717, 1.165) is 10.8 Å². The van der Waals surface area contributed by atoms with E-state index in [4.69, 9.17) is 28.3 Å². The Balaban J connectivity index is 2.60. The number of hydrogen-bond acceptors (Lipinski definition) is 1. The minimum absolute atomic E-state index is 0.365. The van der Waals surface area contributed by atoms with Crippen LogP contribution in [-0.2, 0) is 0 Å². The molecule has 16 heavy (non-hydrogen) atoms. The van der Waals surface area contributed by atoms with Crippen LogP contribution in [-0.4, -0.2) is 11.2 Å². The van der Waals surface area contributed by atoms with Crippen molar-refractivity contribution in [1.82, 2.24) is 0 Å². The van der Waals surface area contributed by atoms with E-state index in [-0.39, 0.29) is 0 Å². The molecule has 0 aliphatic rings. The standard InChI is InChI=1S/C11H7Cl2NO2/c12-7-2-3-8-6(5-7)1-4-9(10(8)13)14-11(15)16/h1-5,14H,(H,15,16). The lowest BCUT2D eigenvalue weighted by Crippen LogP contribution is -2.07. The molecule has 2 aromatic rings. The summed E-state index contributed by atoms with van der Waals surface area (Å²) in [6.07, 6.45) is -1.14. The van der Waals surface area contributed by atoms with E-state index < -0.39 is 6.09 Å². The van der Waals surface area contributed by atoms with E-state index in [1.54, 1.807) is 30.3 Å². The first-order valence-electron chi connectivity index (χ1n) is 4.45. The molecule has 0 atom stereocenters. The molecule has 0 aliphatic carbocycles. The lowest BCUT2D eigenvalue weighted by molar-refractivity contribution is 0.210. The van der Waals surface area contributed by atoms with Gasteiger partial charge in [-0.05, 0) is 23.6 Å². The molecule has 0 saturated carbocycles. The third-order valence-corrected chi connectivity index (χ3v) is 2.80. The van der Waals surface area contributed by atoms with Crippen molar-refractivity contribution in [2.75, 3.05) is 5.32 Å². The maximum absolute atomic E-state index is 10.5. The van der Waals surface area contributed by atoms with Crippen LogP contribution in [0.2, 0.25) is 10.0 Å². The van der Waals surface area contributed by atoms with Crippen molar-refractivity contribution >= 4 is 45.8 Å². The number of carboxylic acid groups (broad SMARTS) is 1.